The van der Waals surface area contributed by atoms with Crippen molar-refractivity contribution < 1.29 is 14.3 Å². The van der Waals surface area contributed by atoms with Crippen molar-refractivity contribution in [1.29, 1.82) is 0 Å². The molecule has 0 aliphatic carbocycles. The summed E-state index contributed by atoms with van der Waals surface area (Å²) in [5.74, 6) is 1.38. The minimum absolute atomic E-state index is 0.156. The molecule has 3 aromatic rings. The Kier molecular flexibility index (Phi) is 6.17. The lowest BCUT2D eigenvalue weighted by molar-refractivity contribution is -0.124. The summed E-state index contributed by atoms with van der Waals surface area (Å²) in [6, 6.07) is 10.5. The zero-order valence-corrected chi connectivity index (χ0v) is 18.1. The van der Waals surface area contributed by atoms with Gasteiger partial charge in [-0.15, -0.1) is 34.4 Å². The SMILES string of the molecule is COc1cccc(C(=O)N2CSCC2C(=O)NCc2csc(-c3cccs3)n2)c1. The first kappa shape index (κ1) is 19.9. The van der Waals surface area contributed by atoms with Gasteiger partial charge in [-0.25, -0.2) is 4.98 Å². The molecule has 1 atom stereocenters. The minimum atomic E-state index is -0.492. The van der Waals surface area contributed by atoms with Gasteiger partial charge in [-0.1, -0.05) is 12.1 Å². The van der Waals surface area contributed by atoms with Gasteiger partial charge in [0.25, 0.3) is 5.91 Å². The summed E-state index contributed by atoms with van der Waals surface area (Å²) in [7, 11) is 1.56. The molecule has 1 N–H and O–H groups in total. The number of rotatable bonds is 6. The van der Waals surface area contributed by atoms with Gasteiger partial charge in [-0.3, -0.25) is 9.59 Å². The summed E-state index contributed by atoms with van der Waals surface area (Å²) >= 11 is 4.78. The summed E-state index contributed by atoms with van der Waals surface area (Å²) in [6.45, 7) is 0.350. The Hall–Kier alpha value is -2.36. The zero-order chi connectivity index (χ0) is 20.2. The molecular formula is C20H19N3O3S3. The first-order valence-corrected chi connectivity index (χ1v) is 11.9. The monoisotopic (exact) mass is 445 g/mol. The van der Waals surface area contributed by atoms with Crippen LogP contribution in [0.25, 0.3) is 9.88 Å². The van der Waals surface area contributed by atoms with Gasteiger partial charge < -0.3 is 15.0 Å². The Bertz CT molecular complexity index is 1000. The third-order valence-corrected chi connectivity index (χ3v) is 7.43. The van der Waals surface area contributed by atoms with E-state index in [9.17, 15) is 9.59 Å². The maximum atomic E-state index is 12.9. The van der Waals surface area contributed by atoms with E-state index in [0.29, 0.717) is 29.5 Å². The van der Waals surface area contributed by atoms with Crippen LogP contribution in [0.15, 0.2) is 47.2 Å². The molecule has 6 nitrogen and oxygen atoms in total. The number of benzene rings is 1. The lowest BCUT2D eigenvalue weighted by Gasteiger charge is -2.23. The van der Waals surface area contributed by atoms with Crippen molar-refractivity contribution in [3.8, 4) is 15.6 Å². The molecule has 2 amide bonds. The van der Waals surface area contributed by atoms with Crippen molar-refractivity contribution in [2.45, 2.75) is 12.6 Å². The van der Waals surface area contributed by atoms with Gasteiger partial charge in [0.1, 0.15) is 16.8 Å². The number of thiazole rings is 1. The van der Waals surface area contributed by atoms with Gasteiger partial charge in [0.2, 0.25) is 5.91 Å². The van der Waals surface area contributed by atoms with Crippen LogP contribution in [0, 0.1) is 0 Å². The second-order valence-corrected chi connectivity index (χ2v) is 9.17. The summed E-state index contributed by atoms with van der Waals surface area (Å²) in [4.78, 5) is 33.0. The van der Waals surface area contributed by atoms with Crippen LogP contribution in [0.5, 0.6) is 5.75 Å². The number of aromatic nitrogens is 1. The Balaban J connectivity index is 1.39. The smallest absolute Gasteiger partial charge is 0.255 e. The number of methoxy groups -OCH3 is 1. The van der Waals surface area contributed by atoms with Gasteiger partial charge in [-0.05, 0) is 29.6 Å². The molecule has 9 heteroatoms. The minimum Gasteiger partial charge on any atom is -0.497 e. The van der Waals surface area contributed by atoms with Crippen molar-refractivity contribution in [2.75, 3.05) is 18.7 Å². The maximum Gasteiger partial charge on any atom is 0.255 e. The van der Waals surface area contributed by atoms with E-state index >= 15 is 0 Å². The highest BCUT2D eigenvalue weighted by Crippen LogP contribution is 2.28. The average molecular weight is 446 g/mol. The van der Waals surface area contributed by atoms with E-state index in [1.165, 1.54) is 0 Å². The molecule has 1 fully saturated rings. The summed E-state index contributed by atoms with van der Waals surface area (Å²) in [5, 5.41) is 7.86. The summed E-state index contributed by atoms with van der Waals surface area (Å²) in [6.07, 6.45) is 0. The van der Waals surface area contributed by atoms with E-state index in [1.807, 2.05) is 22.9 Å². The molecule has 0 spiro atoms. The Morgan fingerprint density at radius 1 is 1.28 bits per heavy atom. The Morgan fingerprint density at radius 2 is 2.17 bits per heavy atom. The van der Waals surface area contributed by atoms with E-state index in [1.54, 1.807) is 70.7 Å². The fourth-order valence-corrected chi connectivity index (χ4v) is 5.77. The zero-order valence-electron chi connectivity index (χ0n) is 15.7. The van der Waals surface area contributed by atoms with Crippen LogP contribution < -0.4 is 10.1 Å². The fraction of sp³-hybridized carbons (Fsp3) is 0.250. The molecule has 29 heavy (non-hydrogen) atoms. The normalized spacial score (nSPS) is 16.0. The van der Waals surface area contributed by atoms with Crippen molar-refractivity contribution in [2.24, 2.45) is 0 Å². The molecule has 1 unspecified atom stereocenters. The quantitative estimate of drug-likeness (QED) is 0.626. The van der Waals surface area contributed by atoms with Crippen LogP contribution >= 0.6 is 34.4 Å². The largest absolute Gasteiger partial charge is 0.497 e. The van der Waals surface area contributed by atoms with E-state index in [4.69, 9.17) is 4.74 Å². The van der Waals surface area contributed by atoms with Crippen LogP contribution in [0.4, 0.5) is 0 Å². The number of carbonyl (C=O) groups is 2. The predicted octanol–water partition coefficient (Wildman–Crippen LogP) is 3.71. The van der Waals surface area contributed by atoms with Crippen LogP contribution in [0.1, 0.15) is 16.1 Å². The standard InChI is InChI=1S/C20H19N3O3S3/c1-26-15-5-2-4-13(8-15)20(25)23-12-27-11-16(23)18(24)21-9-14-10-29-19(22-14)17-6-3-7-28-17/h2-8,10,16H,9,11-12H2,1H3,(H,21,24). The van der Waals surface area contributed by atoms with Gasteiger partial charge in [0.15, 0.2) is 0 Å². The molecule has 3 heterocycles. The highest BCUT2D eigenvalue weighted by atomic mass is 32.2. The Morgan fingerprint density at radius 3 is 2.97 bits per heavy atom. The molecule has 2 aromatic heterocycles. The van der Waals surface area contributed by atoms with Crippen molar-refractivity contribution >= 4 is 46.2 Å². The summed E-state index contributed by atoms with van der Waals surface area (Å²) < 4.78 is 5.20. The van der Waals surface area contributed by atoms with Crippen molar-refractivity contribution in [3.63, 3.8) is 0 Å². The van der Waals surface area contributed by atoms with Crippen LogP contribution in [0.2, 0.25) is 0 Å². The van der Waals surface area contributed by atoms with Crippen LogP contribution in [-0.4, -0.2) is 46.5 Å². The third-order valence-electron chi connectivity index (χ3n) is 4.49. The van der Waals surface area contributed by atoms with Crippen molar-refractivity contribution in [3.05, 3.63) is 58.4 Å². The van der Waals surface area contributed by atoms with E-state index in [0.717, 1.165) is 15.6 Å². The number of nitrogens with zero attached hydrogens (tertiary/aromatic N) is 2. The second-order valence-electron chi connectivity index (χ2n) is 6.36. The molecule has 0 saturated carbocycles. The Labute approximate surface area is 180 Å². The number of ether oxygens (including phenoxy) is 1. The molecule has 0 bridgehead atoms. The highest BCUT2D eigenvalue weighted by Gasteiger charge is 2.35. The number of nitrogens with one attached hydrogen (secondary N) is 1. The number of hydrogen-bond donors (Lipinski definition) is 1. The van der Waals surface area contributed by atoms with E-state index in [-0.39, 0.29) is 11.8 Å². The summed E-state index contributed by atoms with van der Waals surface area (Å²) in [5.41, 5.74) is 1.34. The third kappa shape index (κ3) is 4.47. The van der Waals surface area contributed by atoms with Crippen LogP contribution in [0.3, 0.4) is 0 Å². The van der Waals surface area contributed by atoms with Gasteiger partial charge in [0.05, 0.1) is 30.1 Å². The number of carbonyl (C=O) groups excluding carboxylic acids is 2. The number of thiophene rings is 1. The highest BCUT2D eigenvalue weighted by molar-refractivity contribution is 7.99. The number of thioether (sulfide) groups is 1. The van der Waals surface area contributed by atoms with Crippen molar-refractivity contribution in [1.82, 2.24) is 15.2 Å². The molecule has 1 aliphatic heterocycles. The van der Waals surface area contributed by atoms with Gasteiger partial charge >= 0.3 is 0 Å². The second kappa shape index (κ2) is 8.98. The van der Waals surface area contributed by atoms with E-state index < -0.39 is 6.04 Å². The lowest BCUT2D eigenvalue weighted by Crippen LogP contribution is -2.47. The fourth-order valence-electron chi connectivity index (χ4n) is 2.98. The topological polar surface area (TPSA) is 71.5 Å². The number of hydrogen-bond acceptors (Lipinski definition) is 7. The molecular weight excluding hydrogens is 426 g/mol. The molecule has 0 radical (unpaired) electrons. The molecule has 1 aliphatic rings. The van der Waals surface area contributed by atoms with Gasteiger partial charge in [-0.2, -0.15) is 0 Å². The van der Waals surface area contributed by atoms with E-state index in [2.05, 4.69) is 10.3 Å². The van der Waals surface area contributed by atoms with Gasteiger partial charge in [0, 0.05) is 16.7 Å². The first-order valence-electron chi connectivity index (χ1n) is 8.94. The molecule has 150 valence electrons. The molecule has 1 aromatic carbocycles. The number of amides is 2. The maximum absolute atomic E-state index is 12.9. The predicted molar refractivity (Wildman–Crippen MR) is 118 cm³/mol. The average Bonchev–Trinajstić information content (AvgIpc) is 3.52. The van der Waals surface area contributed by atoms with Crippen LogP contribution in [-0.2, 0) is 11.3 Å². The molecule has 4 rings (SSSR count). The molecule has 1 saturated heterocycles. The first-order chi connectivity index (χ1) is 14.2. The lowest BCUT2D eigenvalue weighted by atomic mass is 10.1.